The third-order valence-electron chi connectivity index (χ3n) is 4.50. The van der Waals surface area contributed by atoms with Crippen LogP contribution in [-0.4, -0.2) is 44.2 Å². The van der Waals surface area contributed by atoms with Gasteiger partial charge in [0.25, 0.3) is 0 Å². The molecule has 2 aromatic rings. The van der Waals surface area contributed by atoms with Crippen molar-refractivity contribution in [1.82, 2.24) is 14.6 Å². The number of aromatic amines is 1. The molecule has 0 aliphatic carbocycles. The average Bonchev–Trinajstić information content (AvgIpc) is 3.04. The monoisotopic (exact) mass is 321 g/mol. The van der Waals surface area contributed by atoms with Crippen molar-refractivity contribution in [2.24, 2.45) is 0 Å². The maximum Gasteiger partial charge on any atom is 0.209 e. The number of fused-ring (bicyclic) bond motifs is 1. The number of H-pyrrole nitrogens is 1. The molecule has 120 valence electrons. The van der Waals surface area contributed by atoms with Gasteiger partial charge in [0.05, 0.1) is 6.26 Å². The van der Waals surface area contributed by atoms with E-state index in [0.717, 1.165) is 17.5 Å². The van der Waals surface area contributed by atoms with Gasteiger partial charge in [0.15, 0.2) is 0 Å². The van der Waals surface area contributed by atoms with Crippen LogP contribution in [-0.2, 0) is 23.0 Å². The highest BCUT2D eigenvalue weighted by atomic mass is 32.2. The molecule has 0 saturated carbocycles. The molecule has 0 radical (unpaired) electrons. The fraction of sp³-hybridized carbons (Fsp3) is 0.500. The normalized spacial score (nSPS) is 20.0. The van der Waals surface area contributed by atoms with Crippen molar-refractivity contribution >= 4 is 20.9 Å². The molecule has 1 atom stereocenters. The molecule has 6 heteroatoms. The van der Waals surface area contributed by atoms with Crippen LogP contribution in [0.2, 0.25) is 0 Å². The summed E-state index contributed by atoms with van der Waals surface area (Å²) in [4.78, 5) is 5.74. The Labute approximate surface area is 131 Å². The van der Waals surface area contributed by atoms with Crippen LogP contribution in [0.5, 0.6) is 0 Å². The maximum absolute atomic E-state index is 11.2. The predicted octanol–water partition coefficient (Wildman–Crippen LogP) is 1.85. The molecule has 5 nitrogen and oxygen atoms in total. The minimum Gasteiger partial charge on any atom is -0.361 e. The molecule has 1 aliphatic rings. The molecule has 3 rings (SSSR count). The van der Waals surface area contributed by atoms with Crippen molar-refractivity contribution in [2.45, 2.75) is 31.8 Å². The fourth-order valence-electron chi connectivity index (χ4n) is 3.21. The summed E-state index contributed by atoms with van der Waals surface area (Å²) in [5.74, 6) is 0. The number of sulfonamides is 1. The van der Waals surface area contributed by atoms with E-state index in [1.54, 1.807) is 0 Å². The number of nitrogens with zero attached hydrogens (tertiary/aromatic N) is 1. The summed E-state index contributed by atoms with van der Waals surface area (Å²) in [5, 5.41) is 1.20. The van der Waals surface area contributed by atoms with E-state index in [9.17, 15) is 8.42 Å². The summed E-state index contributed by atoms with van der Waals surface area (Å²) in [6, 6.07) is 6.68. The topological polar surface area (TPSA) is 65.2 Å². The molecule has 2 heterocycles. The number of nitrogens with one attached hydrogen (secondary N) is 2. The van der Waals surface area contributed by atoms with Crippen molar-refractivity contribution in [3.8, 4) is 0 Å². The van der Waals surface area contributed by atoms with E-state index < -0.39 is 10.0 Å². The second kappa shape index (κ2) is 6.02. The lowest BCUT2D eigenvalue weighted by Gasteiger charge is -2.18. The van der Waals surface area contributed by atoms with Crippen LogP contribution in [0.15, 0.2) is 24.4 Å². The standard InChI is InChI=1S/C16H23N3O2S/c1-19-7-3-4-14(19)9-13-11-17-16-6-5-12(8-15(13)16)10-18-22(2,20)21/h5-6,8,11,14,17-18H,3-4,7,9-10H2,1-2H3/t14-/m1/s1. The molecule has 1 aromatic heterocycles. The summed E-state index contributed by atoms with van der Waals surface area (Å²) >= 11 is 0. The van der Waals surface area contributed by atoms with E-state index in [1.165, 1.54) is 36.6 Å². The molecule has 1 saturated heterocycles. The van der Waals surface area contributed by atoms with E-state index in [-0.39, 0.29) is 0 Å². The highest BCUT2D eigenvalue weighted by Crippen LogP contribution is 2.25. The molecule has 22 heavy (non-hydrogen) atoms. The molecule has 2 N–H and O–H groups in total. The minimum atomic E-state index is -3.16. The molecular weight excluding hydrogens is 298 g/mol. The zero-order chi connectivity index (χ0) is 15.7. The third-order valence-corrected chi connectivity index (χ3v) is 5.17. The van der Waals surface area contributed by atoms with Gasteiger partial charge in [0, 0.05) is 29.7 Å². The van der Waals surface area contributed by atoms with Crippen LogP contribution in [0.3, 0.4) is 0 Å². The summed E-state index contributed by atoms with van der Waals surface area (Å²) in [6.45, 7) is 1.51. The first-order valence-electron chi connectivity index (χ1n) is 7.66. The Morgan fingerprint density at radius 1 is 1.41 bits per heavy atom. The van der Waals surface area contributed by atoms with Crippen LogP contribution in [0.25, 0.3) is 10.9 Å². The Bertz CT molecular complexity index is 767. The van der Waals surface area contributed by atoms with Gasteiger partial charge in [-0.15, -0.1) is 0 Å². The average molecular weight is 321 g/mol. The molecular formula is C16H23N3O2S. The Morgan fingerprint density at radius 2 is 2.23 bits per heavy atom. The van der Waals surface area contributed by atoms with Crippen LogP contribution >= 0.6 is 0 Å². The molecule has 0 unspecified atom stereocenters. The number of benzene rings is 1. The summed E-state index contributed by atoms with van der Waals surface area (Å²) in [7, 11) is -0.974. The Morgan fingerprint density at radius 3 is 2.91 bits per heavy atom. The Kier molecular flexibility index (Phi) is 4.25. The smallest absolute Gasteiger partial charge is 0.209 e. The van der Waals surface area contributed by atoms with Gasteiger partial charge < -0.3 is 9.88 Å². The highest BCUT2D eigenvalue weighted by molar-refractivity contribution is 7.88. The van der Waals surface area contributed by atoms with Crippen molar-refractivity contribution < 1.29 is 8.42 Å². The maximum atomic E-state index is 11.2. The first-order valence-corrected chi connectivity index (χ1v) is 9.55. The summed E-state index contributed by atoms with van der Waals surface area (Å²) < 4.78 is 25.0. The van der Waals surface area contributed by atoms with E-state index in [4.69, 9.17) is 0 Å². The second-order valence-electron chi connectivity index (χ2n) is 6.27. The summed E-state index contributed by atoms with van der Waals surface area (Å²) in [5.41, 5.74) is 3.41. The van der Waals surface area contributed by atoms with Gasteiger partial charge in [-0.25, -0.2) is 13.1 Å². The molecule has 0 amide bonds. The first-order chi connectivity index (χ1) is 10.4. The third kappa shape index (κ3) is 3.51. The van der Waals surface area contributed by atoms with Gasteiger partial charge >= 0.3 is 0 Å². The van der Waals surface area contributed by atoms with Crippen molar-refractivity contribution in [2.75, 3.05) is 19.8 Å². The molecule has 1 aromatic carbocycles. The predicted molar refractivity (Wildman–Crippen MR) is 89.3 cm³/mol. The SMILES string of the molecule is CN1CCC[C@@H]1Cc1c[nH]c2ccc(CNS(C)(=O)=O)cc12. The van der Waals surface area contributed by atoms with E-state index in [0.29, 0.717) is 12.6 Å². The lowest BCUT2D eigenvalue weighted by molar-refractivity contribution is 0.310. The van der Waals surface area contributed by atoms with Crippen molar-refractivity contribution in [3.05, 3.63) is 35.5 Å². The molecule has 0 bridgehead atoms. The van der Waals surface area contributed by atoms with Gasteiger partial charge in [0.1, 0.15) is 0 Å². The molecule has 1 aliphatic heterocycles. The largest absolute Gasteiger partial charge is 0.361 e. The van der Waals surface area contributed by atoms with Gasteiger partial charge in [-0.3, -0.25) is 0 Å². The highest BCUT2D eigenvalue weighted by Gasteiger charge is 2.22. The Balaban J connectivity index is 1.82. The van der Waals surface area contributed by atoms with Crippen LogP contribution < -0.4 is 4.72 Å². The van der Waals surface area contributed by atoms with Gasteiger partial charge in [-0.1, -0.05) is 6.07 Å². The number of rotatable bonds is 5. The quantitative estimate of drug-likeness (QED) is 0.883. The van der Waals surface area contributed by atoms with Crippen LogP contribution in [0.4, 0.5) is 0 Å². The van der Waals surface area contributed by atoms with Crippen LogP contribution in [0.1, 0.15) is 24.0 Å². The number of hydrogen-bond acceptors (Lipinski definition) is 3. The van der Waals surface area contributed by atoms with Gasteiger partial charge in [-0.05, 0) is 56.1 Å². The van der Waals surface area contributed by atoms with E-state index in [2.05, 4.69) is 33.9 Å². The first kappa shape index (κ1) is 15.5. The van der Waals surface area contributed by atoms with E-state index in [1.807, 2.05) is 12.1 Å². The zero-order valence-corrected chi connectivity index (χ0v) is 13.9. The minimum absolute atomic E-state index is 0.336. The van der Waals surface area contributed by atoms with Gasteiger partial charge in [-0.2, -0.15) is 0 Å². The number of hydrogen-bond donors (Lipinski definition) is 2. The number of likely N-dealkylation sites (N-methyl/N-ethyl adjacent to an activating group) is 1. The summed E-state index contributed by atoms with van der Waals surface area (Å²) in [6.07, 6.45) is 6.83. The van der Waals surface area contributed by atoms with Crippen molar-refractivity contribution in [3.63, 3.8) is 0 Å². The molecule has 0 spiro atoms. The lowest BCUT2D eigenvalue weighted by Crippen LogP contribution is -2.26. The number of likely N-dealkylation sites (tertiary alicyclic amines) is 1. The van der Waals surface area contributed by atoms with Crippen molar-refractivity contribution in [1.29, 1.82) is 0 Å². The second-order valence-corrected chi connectivity index (χ2v) is 8.10. The number of aromatic nitrogens is 1. The zero-order valence-electron chi connectivity index (χ0n) is 13.1. The fourth-order valence-corrected chi connectivity index (χ4v) is 3.64. The lowest BCUT2D eigenvalue weighted by atomic mass is 10.0. The Hall–Kier alpha value is -1.37. The van der Waals surface area contributed by atoms with Crippen LogP contribution in [0, 0.1) is 0 Å². The molecule has 1 fully saturated rings. The van der Waals surface area contributed by atoms with E-state index >= 15 is 0 Å². The van der Waals surface area contributed by atoms with Gasteiger partial charge in [0.2, 0.25) is 10.0 Å².